The Morgan fingerprint density at radius 2 is 2.04 bits per heavy atom. The molecular weight excluding hydrogens is 340 g/mol. The smallest absolute Gasteiger partial charge is 0.258 e. The van der Waals surface area contributed by atoms with Crippen LogP contribution in [0.25, 0.3) is 21.7 Å². The quantitative estimate of drug-likeness (QED) is 0.712. The molecule has 0 bridgehead atoms. The first-order valence-electron chi connectivity index (χ1n) is 9.48. The number of rotatable bonds is 2. The number of benzene rings is 1. The minimum Gasteiger partial charge on any atom is -0.381 e. The Morgan fingerprint density at radius 3 is 2.81 bits per heavy atom. The van der Waals surface area contributed by atoms with Crippen molar-refractivity contribution < 1.29 is 4.74 Å². The zero-order valence-corrected chi connectivity index (χ0v) is 15.3. The minimum absolute atomic E-state index is 0.0853. The fraction of sp³-hybridized carbons (Fsp3) is 0.381. The van der Waals surface area contributed by atoms with Gasteiger partial charge in [0.15, 0.2) is 0 Å². The molecule has 6 nitrogen and oxygen atoms in total. The highest BCUT2D eigenvalue weighted by molar-refractivity contribution is 6.06. The van der Waals surface area contributed by atoms with Crippen LogP contribution in [0.4, 0.5) is 0 Å². The van der Waals surface area contributed by atoms with E-state index in [1.54, 1.807) is 6.20 Å². The van der Waals surface area contributed by atoms with E-state index in [-0.39, 0.29) is 11.5 Å². The molecule has 27 heavy (non-hydrogen) atoms. The van der Waals surface area contributed by atoms with E-state index in [9.17, 15) is 4.79 Å². The number of pyridine rings is 2. The number of likely N-dealkylation sites (N-methyl/N-ethyl adjacent to an activating group) is 1. The van der Waals surface area contributed by atoms with Crippen LogP contribution in [0.15, 0.2) is 40.4 Å². The molecule has 1 saturated heterocycles. The van der Waals surface area contributed by atoms with Crippen LogP contribution < -0.4 is 5.56 Å². The van der Waals surface area contributed by atoms with Gasteiger partial charge >= 0.3 is 0 Å². The molecule has 3 aromatic rings. The van der Waals surface area contributed by atoms with E-state index >= 15 is 0 Å². The summed E-state index contributed by atoms with van der Waals surface area (Å²) in [5, 5.41) is 9.05. The van der Waals surface area contributed by atoms with Gasteiger partial charge in [0.25, 0.3) is 5.56 Å². The number of H-pyrrole nitrogens is 1. The zero-order chi connectivity index (χ0) is 18.4. The maximum absolute atomic E-state index is 12.6. The number of aromatic nitrogens is 2. The van der Waals surface area contributed by atoms with E-state index in [2.05, 4.69) is 28.3 Å². The summed E-state index contributed by atoms with van der Waals surface area (Å²) in [6.45, 7) is 2.39. The average molecular weight is 362 g/mol. The third-order valence-corrected chi connectivity index (χ3v) is 5.71. The van der Waals surface area contributed by atoms with Crippen molar-refractivity contribution in [1.82, 2.24) is 15.0 Å². The highest BCUT2D eigenvalue weighted by atomic mass is 16.5. The molecule has 1 unspecified atom stereocenters. The lowest BCUT2D eigenvalue weighted by Crippen LogP contribution is -2.17. The molecule has 2 aromatic heterocycles. The van der Waals surface area contributed by atoms with Crippen LogP contribution in [-0.2, 0) is 4.74 Å². The first-order valence-corrected chi connectivity index (χ1v) is 9.48. The Balaban J connectivity index is 1.76. The molecule has 4 heterocycles. The molecule has 5 rings (SSSR count). The topological polar surface area (TPSA) is 70.6 Å². The van der Waals surface area contributed by atoms with Crippen molar-refractivity contribution in [3.05, 3.63) is 52.1 Å². The van der Waals surface area contributed by atoms with Crippen molar-refractivity contribution in [3.63, 3.8) is 0 Å². The Bertz CT molecular complexity index is 1100. The number of ether oxygens (including phenoxy) is 1. The van der Waals surface area contributed by atoms with Crippen molar-refractivity contribution in [1.29, 1.82) is 0 Å². The fourth-order valence-corrected chi connectivity index (χ4v) is 4.28. The monoisotopic (exact) mass is 362 g/mol. The van der Waals surface area contributed by atoms with E-state index in [4.69, 9.17) is 9.72 Å². The van der Waals surface area contributed by atoms with Gasteiger partial charge in [-0.15, -0.1) is 0 Å². The van der Waals surface area contributed by atoms with Gasteiger partial charge in [0.1, 0.15) is 0 Å². The van der Waals surface area contributed by atoms with Crippen molar-refractivity contribution in [2.75, 3.05) is 26.8 Å². The molecule has 2 aliphatic rings. The molecule has 0 spiro atoms. The van der Waals surface area contributed by atoms with Gasteiger partial charge in [-0.3, -0.25) is 14.8 Å². The summed E-state index contributed by atoms with van der Waals surface area (Å²) in [6.07, 6.45) is 5.60. The molecular formula is C21H22N4O2. The fourth-order valence-electron chi connectivity index (χ4n) is 4.28. The summed E-state index contributed by atoms with van der Waals surface area (Å²) in [7, 11) is 1.98. The van der Waals surface area contributed by atoms with Crippen LogP contribution in [0.1, 0.15) is 35.9 Å². The Hall–Kier alpha value is -2.73. The Labute approximate surface area is 156 Å². The van der Waals surface area contributed by atoms with Gasteiger partial charge in [-0.05, 0) is 35.9 Å². The number of fused-ring (bicyclic) bond motifs is 3. The maximum Gasteiger partial charge on any atom is 0.258 e. The van der Waals surface area contributed by atoms with Gasteiger partial charge in [0.05, 0.1) is 16.6 Å². The second kappa shape index (κ2) is 6.46. The molecule has 0 saturated carbocycles. The number of aromatic amines is 1. The lowest BCUT2D eigenvalue weighted by Gasteiger charge is -2.23. The van der Waals surface area contributed by atoms with Gasteiger partial charge in [0, 0.05) is 56.4 Å². The van der Waals surface area contributed by atoms with Crippen LogP contribution in [0.5, 0.6) is 0 Å². The minimum atomic E-state index is -0.0853. The van der Waals surface area contributed by atoms with E-state index in [1.165, 1.54) is 5.56 Å². The molecule has 0 radical (unpaired) electrons. The number of nitrogens with one attached hydrogen (secondary N) is 1. The maximum atomic E-state index is 12.6. The van der Waals surface area contributed by atoms with Crippen molar-refractivity contribution in [3.8, 4) is 0 Å². The highest BCUT2D eigenvalue weighted by Gasteiger charge is 2.23. The summed E-state index contributed by atoms with van der Waals surface area (Å²) < 4.78 is 5.53. The summed E-state index contributed by atoms with van der Waals surface area (Å²) in [5.41, 5.74) is 2.96. The van der Waals surface area contributed by atoms with Crippen LogP contribution in [0.3, 0.4) is 0 Å². The lowest BCUT2D eigenvalue weighted by atomic mass is 9.89. The lowest BCUT2D eigenvalue weighted by molar-refractivity contribution is 0.0849. The van der Waals surface area contributed by atoms with Gasteiger partial charge in [-0.25, -0.2) is 0 Å². The first kappa shape index (κ1) is 16.4. The predicted molar refractivity (Wildman–Crippen MR) is 107 cm³/mol. The number of hydrogen-bond acceptors (Lipinski definition) is 5. The molecule has 2 aliphatic heterocycles. The second-order valence-corrected chi connectivity index (χ2v) is 7.47. The third kappa shape index (κ3) is 2.80. The zero-order valence-electron chi connectivity index (χ0n) is 15.3. The van der Waals surface area contributed by atoms with Crippen molar-refractivity contribution in [2.45, 2.75) is 24.7 Å². The molecule has 1 fully saturated rings. The Morgan fingerprint density at radius 1 is 1.19 bits per heavy atom. The largest absolute Gasteiger partial charge is 0.381 e. The molecule has 1 aromatic carbocycles. The number of hydrazone groups is 1. The summed E-state index contributed by atoms with van der Waals surface area (Å²) in [6, 6.07) is 8.36. The van der Waals surface area contributed by atoms with E-state index in [0.717, 1.165) is 54.6 Å². The molecule has 0 aliphatic carbocycles. The molecule has 6 heteroatoms. The summed E-state index contributed by atoms with van der Waals surface area (Å²) >= 11 is 0. The van der Waals surface area contributed by atoms with Crippen molar-refractivity contribution in [2.24, 2.45) is 5.10 Å². The average Bonchev–Trinajstić information content (AvgIpc) is 3.14. The highest BCUT2D eigenvalue weighted by Crippen LogP contribution is 2.35. The number of hydrogen-bond donors (Lipinski definition) is 1. The number of nitrogens with zero attached hydrogens (tertiary/aromatic N) is 3. The van der Waals surface area contributed by atoms with Gasteiger partial charge in [0.2, 0.25) is 0 Å². The standard InChI is InChI=1S/C21H22N4O2/c1-25-12-15(11-23-25)14-2-3-16-17(10-14)19-18(4-7-22-21(19)26)24-20(16)13-5-8-27-9-6-13/h2-4,7,10-11,13,15H,5-6,8-9,12H2,1H3,(H,22,26). The Kier molecular flexibility index (Phi) is 3.93. The van der Waals surface area contributed by atoms with Crippen LogP contribution in [0, 0.1) is 0 Å². The molecule has 138 valence electrons. The van der Waals surface area contributed by atoms with Crippen molar-refractivity contribution >= 4 is 27.9 Å². The summed E-state index contributed by atoms with van der Waals surface area (Å²) in [4.78, 5) is 20.3. The van der Waals surface area contributed by atoms with Gasteiger partial charge < -0.3 is 9.72 Å². The molecule has 1 atom stereocenters. The predicted octanol–water partition coefficient (Wildman–Crippen LogP) is 2.99. The SMILES string of the molecule is CN1CC(c2ccc3c(C4CCOCC4)nc4cc[nH]c(=O)c4c3c2)C=N1. The third-order valence-electron chi connectivity index (χ3n) is 5.71. The van der Waals surface area contributed by atoms with E-state index in [1.807, 2.05) is 24.3 Å². The van der Waals surface area contributed by atoms with E-state index < -0.39 is 0 Å². The van der Waals surface area contributed by atoms with Crippen LogP contribution >= 0.6 is 0 Å². The molecule has 1 N–H and O–H groups in total. The molecule has 0 amide bonds. The first-order chi connectivity index (χ1) is 13.2. The normalized spacial score (nSPS) is 20.8. The van der Waals surface area contributed by atoms with Crippen LogP contribution in [0.2, 0.25) is 0 Å². The van der Waals surface area contributed by atoms with Gasteiger partial charge in [-0.2, -0.15) is 5.10 Å². The van der Waals surface area contributed by atoms with Crippen LogP contribution in [-0.4, -0.2) is 48.0 Å². The summed E-state index contributed by atoms with van der Waals surface area (Å²) in [5.74, 6) is 0.618. The van der Waals surface area contributed by atoms with E-state index in [0.29, 0.717) is 11.3 Å². The van der Waals surface area contributed by atoms with Gasteiger partial charge in [-0.1, -0.05) is 12.1 Å². The second-order valence-electron chi connectivity index (χ2n) is 7.47.